The van der Waals surface area contributed by atoms with E-state index in [-0.39, 0.29) is 5.56 Å². The standard InChI is InChI=1S/C9H10N2O4S/c10-16(14,15)8-6(9(12)13)4-5-2-1-3-7(5)11-8/h4H,1-3H2,(H,12,13)(H2,10,14,15). The van der Waals surface area contributed by atoms with Crippen LogP contribution in [-0.2, 0) is 22.9 Å². The van der Waals surface area contributed by atoms with Crippen molar-refractivity contribution < 1.29 is 18.3 Å². The highest BCUT2D eigenvalue weighted by Crippen LogP contribution is 2.24. The van der Waals surface area contributed by atoms with Gasteiger partial charge in [0.1, 0.15) is 0 Å². The number of fused-ring (bicyclic) bond motifs is 1. The number of aromatic carboxylic acids is 1. The van der Waals surface area contributed by atoms with E-state index >= 15 is 0 Å². The quantitative estimate of drug-likeness (QED) is 0.753. The third-order valence-corrected chi connectivity index (χ3v) is 3.37. The van der Waals surface area contributed by atoms with E-state index in [0.717, 1.165) is 18.4 Å². The molecule has 2 rings (SSSR count). The van der Waals surface area contributed by atoms with Crippen LogP contribution in [0.5, 0.6) is 0 Å². The fourth-order valence-electron chi connectivity index (χ4n) is 1.82. The van der Waals surface area contributed by atoms with Crippen LogP contribution in [0.1, 0.15) is 28.0 Å². The van der Waals surface area contributed by atoms with Crippen molar-refractivity contribution in [3.8, 4) is 0 Å². The second-order valence-electron chi connectivity index (χ2n) is 3.65. The summed E-state index contributed by atoms with van der Waals surface area (Å²) in [5, 5.41) is 13.3. The average molecular weight is 242 g/mol. The number of aromatic nitrogens is 1. The molecule has 0 bridgehead atoms. The van der Waals surface area contributed by atoms with Gasteiger partial charge in [-0.1, -0.05) is 0 Å². The minimum absolute atomic E-state index is 0.344. The van der Waals surface area contributed by atoms with Crippen molar-refractivity contribution in [3.05, 3.63) is 22.9 Å². The molecule has 0 atom stereocenters. The Kier molecular flexibility index (Phi) is 2.43. The lowest BCUT2D eigenvalue weighted by atomic mass is 10.1. The van der Waals surface area contributed by atoms with Crippen LogP contribution in [-0.4, -0.2) is 24.5 Å². The minimum atomic E-state index is -4.09. The van der Waals surface area contributed by atoms with E-state index in [4.69, 9.17) is 10.2 Å². The zero-order valence-electron chi connectivity index (χ0n) is 8.30. The molecule has 0 unspecified atom stereocenters. The van der Waals surface area contributed by atoms with Crippen molar-refractivity contribution >= 4 is 16.0 Å². The molecule has 1 aromatic heterocycles. The zero-order valence-corrected chi connectivity index (χ0v) is 9.12. The van der Waals surface area contributed by atoms with Crippen LogP contribution in [0, 0.1) is 0 Å². The van der Waals surface area contributed by atoms with Gasteiger partial charge in [0.25, 0.3) is 10.0 Å². The van der Waals surface area contributed by atoms with Gasteiger partial charge < -0.3 is 5.11 Å². The first-order valence-corrected chi connectivity index (χ1v) is 6.23. The lowest BCUT2D eigenvalue weighted by Crippen LogP contribution is -2.19. The predicted molar refractivity (Wildman–Crippen MR) is 54.6 cm³/mol. The van der Waals surface area contributed by atoms with Crippen molar-refractivity contribution in [1.29, 1.82) is 0 Å². The van der Waals surface area contributed by atoms with Crippen LogP contribution in [0.25, 0.3) is 0 Å². The molecule has 3 N–H and O–H groups in total. The van der Waals surface area contributed by atoms with E-state index in [1.807, 2.05) is 0 Å². The molecule has 6 nitrogen and oxygen atoms in total. The molecule has 1 aromatic rings. The Labute approximate surface area is 92.2 Å². The summed E-state index contributed by atoms with van der Waals surface area (Å²) in [6.07, 6.45) is 2.25. The predicted octanol–water partition coefficient (Wildman–Crippen LogP) is -0.0841. The fourth-order valence-corrected chi connectivity index (χ4v) is 2.51. The number of rotatable bonds is 2. The highest BCUT2D eigenvalue weighted by atomic mass is 32.2. The van der Waals surface area contributed by atoms with Gasteiger partial charge in [-0.15, -0.1) is 0 Å². The lowest BCUT2D eigenvalue weighted by Gasteiger charge is -2.06. The number of primary sulfonamides is 1. The minimum Gasteiger partial charge on any atom is -0.478 e. The van der Waals surface area contributed by atoms with Crippen molar-refractivity contribution in [2.24, 2.45) is 5.14 Å². The van der Waals surface area contributed by atoms with E-state index in [2.05, 4.69) is 4.98 Å². The second kappa shape index (κ2) is 3.53. The van der Waals surface area contributed by atoms with Gasteiger partial charge in [-0.05, 0) is 30.9 Å². The molecule has 16 heavy (non-hydrogen) atoms. The Morgan fingerprint density at radius 1 is 1.44 bits per heavy atom. The van der Waals surface area contributed by atoms with Crippen LogP contribution in [0.2, 0.25) is 0 Å². The van der Waals surface area contributed by atoms with Crippen molar-refractivity contribution in [1.82, 2.24) is 4.98 Å². The molecule has 0 radical (unpaired) electrons. The number of hydrogen-bond acceptors (Lipinski definition) is 4. The summed E-state index contributed by atoms with van der Waals surface area (Å²) in [6, 6.07) is 1.36. The van der Waals surface area contributed by atoms with Gasteiger partial charge in [0.05, 0.1) is 5.56 Å². The van der Waals surface area contributed by atoms with Crippen LogP contribution < -0.4 is 5.14 Å². The number of pyridine rings is 1. The Bertz CT molecular complexity index is 565. The molecule has 0 saturated heterocycles. The summed E-state index contributed by atoms with van der Waals surface area (Å²) in [7, 11) is -4.09. The average Bonchev–Trinajstić information content (AvgIpc) is 2.60. The number of carboxylic acid groups (broad SMARTS) is 1. The lowest BCUT2D eigenvalue weighted by molar-refractivity contribution is 0.0691. The van der Waals surface area contributed by atoms with E-state index in [1.165, 1.54) is 6.07 Å². The van der Waals surface area contributed by atoms with Gasteiger partial charge >= 0.3 is 5.97 Å². The second-order valence-corrected chi connectivity index (χ2v) is 5.13. The molecule has 1 aliphatic rings. The van der Waals surface area contributed by atoms with Crippen molar-refractivity contribution in [2.45, 2.75) is 24.3 Å². The largest absolute Gasteiger partial charge is 0.478 e. The number of nitrogens with zero attached hydrogens (tertiary/aromatic N) is 1. The van der Waals surface area contributed by atoms with Crippen LogP contribution in [0.3, 0.4) is 0 Å². The topological polar surface area (TPSA) is 110 Å². The molecule has 1 heterocycles. The Balaban J connectivity index is 2.72. The maximum Gasteiger partial charge on any atom is 0.338 e. The molecule has 0 saturated carbocycles. The third kappa shape index (κ3) is 1.79. The van der Waals surface area contributed by atoms with E-state index in [9.17, 15) is 13.2 Å². The van der Waals surface area contributed by atoms with Crippen LogP contribution >= 0.6 is 0 Å². The maximum atomic E-state index is 11.2. The molecule has 0 aromatic carbocycles. The first-order chi connectivity index (χ1) is 7.39. The first-order valence-electron chi connectivity index (χ1n) is 4.68. The van der Waals surface area contributed by atoms with Gasteiger partial charge in [-0.2, -0.15) is 0 Å². The van der Waals surface area contributed by atoms with Gasteiger partial charge in [-0.25, -0.2) is 23.3 Å². The van der Waals surface area contributed by atoms with E-state index < -0.39 is 21.0 Å². The maximum absolute atomic E-state index is 11.2. The summed E-state index contributed by atoms with van der Waals surface area (Å²) >= 11 is 0. The van der Waals surface area contributed by atoms with Gasteiger partial charge in [0, 0.05) is 5.69 Å². The van der Waals surface area contributed by atoms with Gasteiger partial charge in [0.15, 0.2) is 5.03 Å². The summed E-state index contributed by atoms with van der Waals surface area (Å²) in [5.74, 6) is -1.33. The number of hydrogen-bond donors (Lipinski definition) is 2. The summed E-state index contributed by atoms with van der Waals surface area (Å²) in [6.45, 7) is 0. The summed E-state index contributed by atoms with van der Waals surface area (Å²) in [4.78, 5) is 14.8. The monoisotopic (exact) mass is 242 g/mol. The number of carbonyl (C=O) groups is 1. The number of aryl methyl sites for hydroxylation is 2. The van der Waals surface area contributed by atoms with Gasteiger partial charge in [0.2, 0.25) is 0 Å². The Morgan fingerprint density at radius 3 is 2.69 bits per heavy atom. The summed E-state index contributed by atoms with van der Waals surface area (Å²) in [5.41, 5.74) is 1.09. The normalized spacial score (nSPS) is 14.8. The SMILES string of the molecule is NS(=O)(=O)c1nc2c(cc1C(=O)O)CCC2. The number of sulfonamides is 1. The molecule has 1 aliphatic carbocycles. The van der Waals surface area contributed by atoms with Crippen molar-refractivity contribution in [3.63, 3.8) is 0 Å². The fraction of sp³-hybridized carbons (Fsp3) is 0.333. The zero-order chi connectivity index (χ0) is 11.9. The van der Waals surface area contributed by atoms with Crippen LogP contribution in [0.4, 0.5) is 0 Å². The van der Waals surface area contributed by atoms with Gasteiger partial charge in [-0.3, -0.25) is 0 Å². The molecule has 0 spiro atoms. The number of carboxylic acids is 1. The van der Waals surface area contributed by atoms with Crippen LogP contribution in [0.15, 0.2) is 11.1 Å². The van der Waals surface area contributed by atoms with E-state index in [0.29, 0.717) is 12.1 Å². The molecule has 0 fully saturated rings. The highest BCUT2D eigenvalue weighted by molar-refractivity contribution is 7.89. The smallest absolute Gasteiger partial charge is 0.338 e. The molecular formula is C9H10N2O4S. The molecule has 0 amide bonds. The summed E-state index contributed by atoms with van der Waals surface area (Å²) < 4.78 is 22.4. The Hall–Kier alpha value is -1.47. The Morgan fingerprint density at radius 2 is 2.12 bits per heavy atom. The molecule has 0 aliphatic heterocycles. The third-order valence-electron chi connectivity index (χ3n) is 2.52. The molecule has 86 valence electrons. The first kappa shape index (κ1) is 11.0. The molecular weight excluding hydrogens is 232 g/mol. The highest BCUT2D eigenvalue weighted by Gasteiger charge is 2.25. The van der Waals surface area contributed by atoms with Crippen molar-refractivity contribution in [2.75, 3.05) is 0 Å². The molecule has 7 heteroatoms. The van der Waals surface area contributed by atoms with E-state index in [1.54, 1.807) is 0 Å². The number of nitrogens with two attached hydrogens (primary N) is 1.